The van der Waals surface area contributed by atoms with Gasteiger partial charge >= 0.3 is 0 Å². The van der Waals surface area contributed by atoms with Gasteiger partial charge in [-0.2, -0.15) is 0 Å². The fraction of sp³-hybridized carbons (Fsp3) is 0.667. The van der Waals surface area contributed by atoms with Crippen LogP contribution in [-0.2, 0) is 0 Å². The molecule has 1 fully saturated rings. The van der Waals surface area contributed by atoms with Crippen molar-refractivity contribution in [1.29, 1.82) is 0 Å². The van der Waals surface area contributed by atoms with E-state index in [1.807, 2.05) is 13.0 Å². The molecule has 1 aliphatic rings. The summed E-state index contributed by atoms with van der Waals surface area (Å²) < 4.78 is 5.41. The van der Waals surface area contributed by atoms with E-state index < -0.39 is 0 Å². The second-order valence-electron chi connectivity index (χ2n) is 4.49. The highest BCUT2D eigenvalue weighted by Gasteiger charge is 2.25. The molecule has 1 atom stereocenters. The molecule has 1 saturated heterocycles. The Bertz CT molecular complexity index is 386. The third-order valence-corrected chi connectivity index (χ3v) is 3.17. The van der Waals surface area contributed by atoms with Crippen LogP contribution in [0.5, 0.6) is 5.88 Å². The Morgan fingerprint density at radius 3 is 3.00 bits per heavy atom. The lowest BCUT2D eigenvalue weighted by atomic mass is 10.1. The fourth-order valence-electron chi connectivity index (χ4n) is 2.23. The van der Waals surface area contributed by atoms with Crippen LogP contribution in [0.3, 0.4) is 0 Å². The Morgan fingerprint density at radius 1 is 1.44 bits per heavy atom. The smallest absolute Gasteiger partial charge is 0.218 e. The van der Waals surface area contributed by atoms with Crippen LogP contribution < -0.4 is 15.4 Å². The summed E-state index contributed by atoms with van der Waals surface area (Å²) in [6, 6.07) is 2.19. The van der Waals surface area contributed by atoms with Crippen LogP contribution in [0.2, 0.25) is 0 Å². The third-order valence-electron chi connectivity index (χ3n) is 3.17. The molecule has 0 amide bonds. The van der Waals surface area contributed by atoms with Crippen molar-refractivity contribution in [2.45, 2.75) is 13.0 Å². The van der Waals surface area contributed by atoms with Gasteiger partial charge in [0.25, 0.3) is 0 Å². The first kappa shape index (κ1) is 13.0. The van der Waals surface area contributed by atoms with E-state index in [2.05, 4.69) is 26.8 Å². The molecule has 0 bridgehead atoms. The molecule has 2 rings (SSSR count). The molecule has 1 aliphatic heterocycles. The molecule has 1 unspecified atom stereocenters. The van der Waals surface area contributed by atoms with Gasteiger partial charge in [0.1, 0.15) is 12.1 Å². The van der Waals surface area contributed by atoms with Crippen molar-refractivity contribution in [3.8, 4) is 5.88 Å². The van der Waals surface area contributed by atoms with E-state index in [-0.39, 0.29) is 0 Å². The number of anilines is 1. The molecular weight excluding hydrogens is 230 g/mol. The zero-order valence-electron chi connectivity index (χ0n) is 11.0. The Morgan fingerprint density at radius 2 is 2.28 bits per heavy atom. The third kappa shape index (κ3) is 2.88. The van der Waals surface area contributed by atoms with Crippen LogP contribution >= 0.6 is 0 Å². The predicted octanol–water partition coefficient (Wildman–Crippen LogP) is -0.0456. The van der Waals surface area contributed by atoms with Crippen molar-refractivity contribution in [2.75, 3.05) is 44.7 Å². The van der Waals surface area contributed by atoms with Gasteiger partial charge in [0.05, 0.1) is 12.6 Å². The number of nitrogens with zero attached hydrogens (tertiary/aromatic N) is 4. The van der Waals surface area contributed by atoms with E-state index in [1.165, 1.54) is 0 Å². The molecule has 100 valence electrons. The molecule has 6 nitrogen and oxygen atoms in total. The molecule has 0 radical (unpaired) electrons. The van der Waals surface area contributed by atoms with Gasteiger partial charge in [-0.1, -0.05) is 0 Å². The van der Waals surface area contributed by atoms with Gasteiger partial charge in [0.15, 0.2) is 0 Å². The number of aromatic nitrogens is 2. The Balaban J connectivity index is 2.16. The molecular formula is C12H21N5O. The van der Waals surface area contributed by atoms with E-state index >= 15 is 0 Å². The number of likely N-dealkylation sites (N-methyl/N-ethyl adjacent to an activating group) is 1. The largest absolute Gasteiger partial charge is 0.478 e. The number of hydrogen-bond acceptors (Lipinski definition) is 6. The fourth-order valence-corrected chi connectivity index (χ4v) is 2.23. The van der Waals surface area contributed by atoms with Gasteiger partial charge < -0.3 is 20.3 Å². The Kier molecular flexibility index (Phi) is 4.33. The molecule has 0 saturated carbocycles. The summed E-state index contributed by atoms with van der Waals surface area (Å²) in [4.78, 5) is 12.9. The summed E-state index contributed by atoms with van der Waals surface area (Å²) in [6.07, 6.45) is 1.55. The van der Waals surface area contributed by atoms with Crippen molar-refractivity contribution in [3.05, 3.63) is 12.4 Å². The second kappa shape index (κ2) is 5.97. The monoisotopic (exact) mass is 251 g/mol. The average molecular weight is 251 g/mol. The molecule has 6 heteroatoms. The van der Waals surface area contributed by atoms with Crippen LogP contribution in [0, 0.1) is 0 Å². The van der Waals surface area contributed by atoms with Gasteiger partial charge in [-0.25, -0.2) is 9.97 Å². The first-order valence-corrected chi connectivity index (χ1v) is 6.34. The first-order valence-electron chi connectivity index (χ1n) is 6.34. The summed E-state index contributed by atoms with van der Waals surface area (Å²) in [5.74, 6) is 1.52. The van der Waals surface area contributed by atoms with E-state index in [0.29, 0.717) is 25.1 Å². The molecule has 0 aliphatic carbocycles. The number of piperazine rings is 1. The van der Waals surface area contributed by atoms with E-state index in [1.54, 1.807) is 6.33 Å². The number of hydrogen-bond donors (Lipinski definition) is 1. The maximum absolute atomic E-state index is 5.85. The zero-order chi connectivity index (χ0) is 13.0. The van der Waals surface area contributed by atoms with Gasteiger partial charge in [0.2, 0.25) is 5.88 Å². The highest BCUT2D eigenvalue weighted by molar-refractivity contribution is 5.43. The Hall–Kier alpha value is -1.40. The minimum atomic E-state index is 0.299. The summed E-state index contributed by atoms with van der Waals surface area (Å²) in [5, 5.41) is 0. The van der Waals surface area contributed by atoms with E-state index in [0.717, 1.165) is 25.5 Å². The van der Waals surface area contributed by atoms with E-state index in [9.17, 15) is 0 Å². The van der Waals surface area contributed by atoms with Crippen LogP contribution in [0.15, 0.2) is 12.4 Å². The zero-order valence-corrected chi connectivity index (χ0v) is 11.0. The van der Waals surface area contributed by atoms with Crippen LogP contribution in [0.4, 0.5) is 5.82 Å². The molecule has 0 spiro atoms. The molecule has 18 heavy (non-hydrogen) atoms. The summed E-state index contributed by atoms with van der Waals surface area (Å²) in [6.45, 7) is 6.09. The van der Waals surface area contributed by atoms with Crippen molar-refractivity contribution in [1.82, 2.24) is 14.9 Å². The summed E-state index contributed by atoms with van der Waals surface area (Å²) >= 11 is 0. The Labute approximate surface area is 108 Å². The molecule has 2 heterocycles. The van der Waals surface area contributed by atoms with Crippen LogP contribution in [-0.4, -0.2) is 60.7 Å². The van der Waals surface area contributed by atoms with Crippen LogP contribution in [0.1, 0.15) is 6.92 Å². The topological polar surface area (TPSA) is 67.5 Å². The van der Waals surface area contributed by atoms with Gasteiger partial charge in [0, 0.05) is 32.2 Å². The van der Waals surface area contributed by atoms with Crippen LogP contribution in [0.25, 0.3) is 0 Å². The van der Waals surface area contributed by atoms with Gasteiger partial charge in [-0.05, 0) is 14.0 Å². The lowest BCUT2D eigenvalue weighted by molar-refractivity contribution is 0.268. The lowest BCUT2D eigenvalue weighted by Crippen LogP contribution is -2.55. The minimum absolute atomic E-state index is 0.299. The quantitative estimate of drug-likeness (QED) is 0.809. The maximum Gasteiger partial charge on any atom is 0.218 e. The highest BCUT2D eigenvalue weighted by Crippen LogP contribution is 2.20. The highest BCUT2D eigenvalue weighted by atomic mass is 16.5. The predicted molar refractivity (Wildman–Crippen MR) is 70.9 cm³/mol. The standard InChI is InChI=1S/C12H21N5O/c1-3-18-12-6-11(14-9-15-12)17-5-4-16(2)8-10(17)7-13/h6,9-10H,3-5,7-8,13H2,1-2H3. The molecule has 2 N–H and O–H groups in total. The number of ether oxygens (including phenoxy) is 1. The van der Waals surface area contributed by atoms with Crippen molar-refractivity contribution in [3.63, 3.8) is 0 Å². The van der Waals surface area contributed by atoms with Crippen molar-refractivity contribution < 1.29 is 4.74 Å². The van der Waals surface area contributed by atoms with E-state index in [4.69, 9.17) is 10.5 Å². The van der Waals surface area contributed by atoms with Crippen molar-refractivity contribution >= 4 is 5.82 Å². The average Bonchev–Trinajstić information content (AvgIpc) is 2.39. The summed E-state index contributed by atoms with van der Waals surface area (Å²) in [5.41, 5.74) is 5.85. The van der Waals surface area contributed by atoms with Gasteiger partial charge in [-0.15, -0.1) is 0 Å². The normalized spacial score (nSPS) is 21.1. The minimum Gasteiger partial charge on any atom is -0.478 e. The molecule has 0 aromatic carbocycles. The van der Waals surface area contributed by atoms with Crippen molar-refractivity contribution in [2.24, 2.45) is 5.73 Å². The molecule has 1 aromatic heterocycles. The SMILES string of the molecule is CCOc1cc(N2CCN(C)CC2CN)ncn1. The number of rotatable bonds is 4. The molecule has 1 aromatic rings. The first-order chi connectivity index (χ1) is 8.74. The number of nitrogens with two attached hydrogens (primary N) is 1. The van der Waals surface area contributed by atoms with Gasteiger partial charge in [-0.3, -0.25) is 0 Å². The second-order valence-corrected chi connectivity index (χ2v) is 4.49. The maximum atomic E-state index is 5.85. The lowest BCUT2D eigenvalue weighted by Gasteiger charge is -2.40. The summed E-state index contributed by atoms with van der Waals surface area (Å²) in [7, 11) is 2.12.